The first-order chi connectivity index (χ1) is 7.30. The van der Waals surface area contributed by atoms with Crippen LogP contribution in [0.1, 0.15) is 10.5 Å². The second kappa shape index (κ2) is 4.08. The smallest absolute Gasteiger partial charge is 0.471 e. The number of carbonyl (C=O) groups is 2. The van der Waals surface area contributed by atoms with Gasteiger partial charge in [-0.3, -0.25) is 10.1 Å². The van der Waals surface area contributed by atoms with Gasteiger partial charge in [-0.2, -0.15) is 13.2 Å². The molecule has 0 bridgehead atoms. The Kier molecular flexibility index (Phi) is 3.01. The van der Waals surface area contributed by atoms with E-state index in [1.165, 1.54) is 5.32 Å². The Hall–Kier alpha value is -2.26. The second-order valence-electron chi connectivity index (χ2n) is 2.42. The highest BCUT2D eigenvalue weighted by atomic mass is 19.4. The fourth-order valence-corrected chi connectivity index (χ4v) is 0.603. The van der Waals surface area contributed by atoms with Gasteiger partial charge in [-0.15, -0.1) is 10.2 Å². The summed E-state index contributed by atoms with van der Waals surface area (Å²) in [5.41, 5.74) is -0.551. The quantitative estimate of drug-likeness (QED) is 0.752. The van der Waals surface area contributed by atoms with Crippen molar-refractivity contribution >= 4 is 17.8 Å². The van der Waals surface area contributed by atoms with Crippen molar-refractivity contribution in [1.29, 1.82) is 0 Å². The molecule has 86 valence electrons. The highest BCUT2D eigenvalue weighted by Crippen LogP contribution is 2.16. The molecule has 0 spiro atoms. The van der Waals surface area contributed by atoms with Crippen LogP contribution in [-0.4, -0.2) is 38.3 Å². The molecule has 0 aromatic carbocycles. The Balaban J connectivity index is 2.77. The number of carbonyl (C=O) groups excluding carboxylic acids is 1. The average molecular weight is 236 g/mol. The number of nitrogens with one attached hydrogen (secondary N) is 1. The maximum absolute atomic E-state index is 11.8. The van der Waals surface area contributed by atoms with Gasteiger partial charge in [-0.1, -0.05) is 0 Å². The van der Waals surface area contributed by atoms with Crippen LogP contribution in [-0.2, 0) is 4.79 Å². The van der Waals surface area contributed by atoms with Gasteiger partial charge in [0.25, 0.3) is 0 Å². The molecule has 2 N–H and O–H groups in total. The Labute approximate surface area is 85.3 Å². The summed E-state index contributed by atoms with van der Waals surface area (Å²) in [7, 11) is 0. The maximum atomic E-state index is 11.8. The minimum absolute atomic E-state index is 0.551. The average Bonchev–Trinajstić information content (AvgIpc) is 2.17. The summed E-state index contributed by atoms with van der Waals surface area (Å²) in [6.07, 6.45) is -4.41. The summed E-state index contributed by atoms with van der Waals surface area (Å²) in [5.74, 6) is -4.43. The summed E-state index contributed by atoms with van der Waals surface area (Å²) in [6, 6.07) is 0. The van der Waals surface area contributed by atoms with Crippen molar-refractivity contribution in [2.75, 3.05) is 5.32 Å². The van der Waals surface area contributed by atoms with Crippen LogP contribution in [0.15, 0.2) is 6.20 Å². The van der Waals surface area contributed by atoms with Crippen LogP contribution in [0.25, 0.3) is 0 Å². The van der Waals surface area contributed by atoms with Crippen molar-refractivity contribution in [3.63, 3.8) is 0 Å². The van der Waals surface area contributed by atoms with Crippen LogP contribution >= 0.6 is 0 Å². The number of aromatic nitrogens is 3. The monoisotopic (exact) mass is 236 g/mol. The number of hydrogen-bond acceptors (Lipinski definition) is 5. The van der Waals surface area contributed by atoms with Crippen molar-refractivity contribution in [3.8, 4) is 0 Å². The third-order valence-corrected chi connectivity index (χ3v) is 1.26. The van der Waals surface area contributed by atoms with E-state index in [1.807, 2.05) is 0 Å². The Morgan fingerprint density at radius 3 is 2.31 bits per heavy atom. The van der Waals surface area contributed by atoms with E-state index in [4.69, 9.17) is 5.11 Å². The molecule has 0 aliphatic heterocycles. The molecular weight excluding hydrogens is 233 g/mol. The molecule has 0 aliphatic rings. The molecule has 0 fully saturated rings. The standard InChI is InChI=1S/C6H3F3N4O3/c7-6(8,9)4(16)11-5-10-1-2(3(14)15)12-13-5/h1H,(H,14,15)(H,10,11,13,16). The Bertz CT molecular complexity index is 416. The molecule has 0 aliphatic carbocycles. The van der Waals surface area contributed by atoms with E-state index < -0.39 is 29.7 Å². The minimum Gasteiger partial charge on any atom is -0.476 e. The van der Waals surface area contributed by atoms with E-state index in [-0.39, 0.29) is 0 Å². The van der Waals surface area contributed by atoms with Gasteiger partial charge in [-0.25, -0.2) is 9.78 Å². The molecule has 0 unspecified atom stereocenters. The molecule has 1 aromatic heterocycles. The molecule has 7 nitrogen and oxygen atoms in total. The van der Waals surface area contributed by atoms with Crippen molar-refractivity contribution < 1.29 is 27.9 Å². The van der Waals surface area contributed by atoms with Crippen molar-refractivity contribution in [3.05, 3.63) is 11.9 Å². The van der Waals surface area contributed by atoms with Crippen molar-refractivity contribution in [2.24, 2.45) is 0 Å². The lowest BCUT2D eigenvalue weighted by Crippen LogP contribution is -2.30. The molecule has 1 aromatic rings. The molecular formula is C6H3F3N4O3. The fourth-order valence-electron chi connectivity index (χ4n) is 0.603. The molecule has 10 heteroatoms. The second-order valence-corrected chi connectivity index (χ2v) is 2.42. The van der Waals surface area contributed by atoms with Crippen LogP contribution in [0.5, 0.6) is 0 Å². The van der Waals surface area contributed by atoms with E-state index in [0.29, 0.717) is 6.20 Å². The number of hydrogen-bond donors (Lipinski definition) is 2. The molecule has 0 saturated carbocycles. The van der Waals surface area contributed by atoms with Gasteiger partial charge in [0, 0.05) is 0 Å². The third kappa shape index (κ3) is 2.87. The van der Waals surface area contributed by atoms with E-state index in [2.05, 4.69) is 15.2 Å². The van der Waals surface area contributed by atoms with E-state index in [9.17, 15) is 22.8 Å². The number of alkyl halides is 3. The predicted octanol–water partition coefficient (Wildman–Crippen LogP) is 0.0706. The first-order valence-electron chi connectivity index (χ1n) is 3.62. The lowest BCUT2D eigenvalue weighted by Gasteiger charge is -2.05. The Morgan fingerprint density at radius 1 is 1.31 bits per heavy atom. The Morgan fingerprint density at radius 2 is 1.94 bits per heavy atom. The maximum Gasteiger partial charge on any atom is 0.471 e. The molecule has 0 atom stereocenters. The highest BCUT2D eigenvalue weighted by molar-refractivity contribution is 5.93. The van der Waals surface area contributed by atoms with Gasteiger partial charge < -0.3 is 5.11 Å². The number of amides is 1. The van der Waals surface area contributed by atoms with Gasteiger partial charge in [-0.05, 0) is 0 Å². The lowest BCUT2D eigenvalue weighted by molar-refractivity contribution is -0.167. The number of anilines is 1. The third-order valence-electron chi connectivity index (χ3n) is 1.26. The SMILES string of the molecule is O=C(O)c1cnc(NC(=O)C(F)(F)F)nn1. The fraction of sp³-hybridized carbons (Fsp3) is 0.167. The molecule has 0 radical (unpaired) electrons. The summed E-state index contributed by atoms with van der Waals surface area (Å²) in [6.45, 7) is 0. The summed E-state index contributed by atoms with van der Waals surface area (Å²) < 4.78 is 35.3. The molecule has 1 heterocycles. The molecule has 0 saturated heterocycles. The zero-order valence-corrected chi connectivity index (χ0v) is 7.32. The topological polar surface area (TPSA) is 105 Å². The van der Waals surface area contributed by atoms with Crippen molar-refractivity contribution in [1.82, 2.24) is 15.2 Å². The number of carboxylic acid groups (broad SMARTS) is 1. The molecule has 1 rings (SSSR count). The number of halogens is 3. The van der Waals surface area contributed by atoms with Gasteiger partial charge >= 0.3 is 18.1 Å². The van der Waals surface area contributed by atoms with Gasteiger partial charge in [0.1, 0.15) is 0 Å². The highest BCUT2D eigenvalue weighted by Gasteiger charge is 2.39. The zero-order valence-electron chi connectivity index (χ0n) is 7.32. The van der Waals surface area contributed by atoms with Crippen LogP contribution in [0, 0.1) is 0 Å². The predicted molar refractivity (Wildman–Crippen MR) is 41.5 cm³/mol. The zero-order chi connectivity index (χ0) is 12.3. The largest absolute Gasteiger partial charge is 0.476 e. The van der Waals surface area contributed by atoms with E-state index >= 15 is 0 Å². The first-order valence-corrected chi connectivity index (χ1v) is 3.62. The van der Waals surface area contributed by atoms with Gasteiger partial charge in [0.2, 0.25) is 5.95 Å². The normalized spacial score (nSPS) is 10.9. The van der Waals surface area contributed by atoms with Crippen LogP contribution in [0.4, 0.5) is 19.1 Å². The van der Waals surface area contributed by atoms with Gasteiger partial charge in [0.05, 0.1) is 6.20 Å². The van der Waals surface area contributed by atoms with Crippen LogP contribution in [0.3, 0.4) is 0 Å². The minimum atomic E-state index is -5.07. The summed E-state index contributed by atoms with van der Waals surface area (Å²) >= 11 is 0. The lowest BCUT2D eigenvalue weighted by atomic mass is 10.5. The number of aromatic carboxylic acids is 1. The van der Waals surface area contributed by atoms with Gasteiger partial charge in [0.15, 0.2) is 5.69 Å². The molecule has 16 heavy (non-hydrogen) atoms. The summed E-state index contributed by atoms with van der Waals surface area (Å²) in [4.78, 5) is 23.8. The number of rotatable bonds is 2. The van der Waals surface area contributed by atoms with Crippen LogP contribution in [0.2, 0.25) is 0 Å². The van der Waals surface area contributed by atoms with Crippen LogP contribution < -0.4 is 5.32 Å². The molecule has 1 amide bonds. The van der Waals surface area contributed by atoms with E-state index in [0.717, 1.165) is 0 Å². The number of carboxylic acids is 1. The van der Waals surface area contributed by atoms with Crippen molar-refractivity contribution in [2.45, 2.75) is 6.18 Å². The summed E-state index contributed by atoms with van der Waals surface area (Å²) in [5, 5.41) is 15.7. The van der Waals surface area contributed by atoms with E-state index in [1.54, 1.807) is 0 Å². The number of nitrogens with zero attached hydrogens (tertiary/aromatic N) is 3. The first kappa shape index (κ1) is 11.8.